The molecule has 0 aliphatic heterocycles. The highest BCUT2D eigenvalue weighted by molar-refractivity contribution is 6.07. The smallest absolute Gasteiger partial charge is 0.256 e. The van der Waals surface area contributed by atoms with Gasteiger partial charge in [-0.25, -0.2) is 0 Å². The fourth-order valence-corrected chi connectivity index (χ4v) is 1.82. The maximum Gasteiger partial charge on any atom is 0.256 e. The second-order valence-corrected chi connectivity index (χ2v) is 4.08. The van der Waals surface area contributed by atoms with Crippen LogP contribution in [0.15, 0.2) is 30.5 Å². The summed E-state index contributed by atoms with van der Waals surface area (Å²) in [7, 11) is 3.16. The Bertz CT molecular complexity index is 589. The number of hydrogen-bond donors (Lipinski definition) is 2. The van der Waals surface area contributed by atoms with Gasteiger partial charge in [-0.15, -0.1) is 0 Å². The van der Waals surface area contributed by atoms with Gasteiger partial charge >= 0.3 is 0 Å². The molecule has 0 aliphatic rings. The predicted molar refractivity (Wildman–Crippen MR) is 69.3 cm³/mol. The normalized spacial score (nSPS) is 10.3. The van der Waals surface area contributed by atoms with Crippen molar-refractivity contribution in [3.63, 3.8) is 0 Å². The molecule has 0 saturated carbocycles. The van der Waals surface area contributed by atoms with E-state index in [2.05, 4.69) is 10.3 Å². The molecule has 2 aromatic rings. The quantitative estimate of drug-likeness (QED) is 0.846. The van der Waals surface area contributed by atoms with Crippen LogP contribution in [0.1, 0.15) is 10.4 Å². The van der Waals surface area contributed by atoms with E-state index in [0.29, 0.717) is 5.56 Å². The van der Waals surface area contributed by atoms with Crippen molar-refractivity contribution in [2.45, 2.75) is 0 Å². The van der Waals surface area contributed by atoms with Gasteiger partial charge in [0.25, 0.3) is 5.91 Å². The third-order valence-corrected chi connectivity index (χ3v) is 2.83. The summed E-state index contributed by atoms with van der Waals surface area (Å²) in [5.74, 6) is -0.359. The summed E-state index contributed by atoms with van der Waals surface area (Å²) in [5.41, 5.74) is 1.49. The molecule has 0 bridgehead atoms. The van der Waals surface area contributed by atoms with E-state index in [0.717, 1.165) is 10.9 Å². The van der Waals surface area contributed by atoms with Crippen LogP contribution in [0.3, 0.4) is 0 Å². The van der Waals surface area contributed by atoms with Crippen LogP contribution in [-0.4, -0.2) is 42.3 Å². The molecule has 18 heavy (non-hydrogen) atoms. The molecule has 2 amide bonds. The highest BCUT2D eigenvalue weighted by Crippen LogP contribution is 2.18. The molecule has 5 nitrogen and oxygen atoms in total. The van der Waals surface area contributed by atoms with E-state index in [9.17, 15) is 9.59 Å². The number of carbonyl (C=O) groups is 2. The van der Waals surface area contributed by atoms with Crippen LogP contribution in [-0.2, 0) is 4.79 Å². The number of aromatic amines is 1. The van der Waals surface area contributed by atoms with Crippen LogP contribution in [0, 0.1) is 0 Å². The standard InChI is InChI=1S/C13H15N3O2/c1-14-12(17)8-16(2)13(18)10-7-15-11-6-4-3-5-9(10)11/h3-7,15H,8H2,1-2H3,(H,14,17). The van der Waals surface area contributed by atoms with Crippen LogP contribution in [0.2, 0.25) is 0 Å². The summed E-state index contributed by atoms with van der Waals surface area (Å²) in [4.78, 5) is 27.9. The molecule has 0 saturated heterocycles. The number of nitrogens with one attached hydrogen (secondary N) is 2. The molecule has 94 valence electrons. The van der Waals surface area contributed by atoms with Crippen LogP contribution < -0.4 is 5.32 Å². The van der Waals surface area contributed by atoms with E-state index in [1.165, 1.54) is 4.90 Å². The van der Waals surface area contributed by atoms with E-state index < -0.39 is 0 Å². The Hall–Kier alpha value is -2.30. The minimum Gasteiger partial charge on any atom is -0.360 e. The van der Waals surface area contributed by atoms with E-state index in [1.807, 2.05) is 24.3 Å². The van der Waals surface area contributed by atoms with E-state index >= 15 is 0 Å². The highest BCUT2D eigenvalue weighted by Gasteiger charge is 2.17. The molecule has 0 fully saturated rings. The fourth-order valence-electron chi connectivity index (χ4n) is 1.82. The Morgan fingerprint density at radius 3 is 2.78 bits per heavy atom. The van der Waals surface area contributed by atoms with Gasteiger partial charge in [0.05, 0.1) is 12.1 Å². The Kier molecular flexibility index (Phi) is 3.32. The molecule has 1 heterocycles. The zero-order chi connectivity index (χ0) is 13.1. The van der Waals surface area contributed by atoms with Crippen molar-refractivity contribution in [2.24, 2.45) is 0 Å². The van der Waals surface area contributed by atoms with Gasteiger partial charge in [0.15, 0.2) is 0 Å². The molecule has 2 N–H and O–H groups in total. The lowest BCUT2D eigenvalue weighted by atomic mass is 10.1. The summed E-state index contributed by atoms with van der Waals surface area (Å²) < 4.78 is 0. The molecule has 0 atom stereocenters. The van der Waals surface area contributed by atoms with Crippen LogP contribution >= 0.6 is 0 Å². The largest absolute Gasteiger partial charge is 0.360 e. The minimum atomic E-state index is -0.189. The number of fused-ring (bicyclic) bond motifs is 1. The van der Waals surface area contributed by atoms with E-state index in [-0.39, 0.29) is 18.4 Å². The zero-order valence-electron chi connectivity index (χ0n) is 10.4. The summed E-state index contributed by atoms with van der Waals surface area (Å²) in [6.07, 6.45) is 1.67. The highest BCUT2D eigenvalue weighted by atomic mass is 16.2. The number of H-pyrrole nitrogens is 1. The summed E-state index contributed by atoms with van der Waals surface area (Å²) in [6, 6.07) is 7.57. The van der Waals surface area contributed by atoms with Gasteiger partial charge in [0.1, 0.15) is 0 Å². The fraction of sp³-hybridized carbons (Fsp3) is 0.231. The van der Waals surface area contributed by atoms with Crippen molar-refractivity contribution in [1.82, 2.24) is 15.2 Å². The second-order valence-electron chi connectivity index (χ2n) is 4.08. The van der Waals surface area contributed by atoms with E-state index in [1.54, 1.807) is 20.3 Å². The number of aromatic nitrogens is 1. The molecule has 2 rings (SSSR count). The summed E-state index contributed by atoms with van der Waals surface area (Å²) in [6.45, 7) is 0.0504. The number of hydrogen-bond acceptors (Lipinski definition) is 2. The lowest BCUT2D eigenvalue weighted by Gasteiger charge is -2.15. The van der Waals surface area contributed by atoms with Crippen molar-refractivity contribution < 1.29 is 9.59 Å². The number of rotatable bonds is 3. The van der Waals surface area contributed by atoms with Crippen molar-refractivity contribution in [3.05, 3.63) is 36.0 Å². The summed E-state index contributed by atoms with van der Waals surface area (Å²) >= 11 is 0. The van der Waals surface area contributed by atoms with Gasteiger partial charge in [-0.1, -0.05) is 18.2 Å². The molecule has 0 unspecified atom stereocenters. The third-order valence-electron chi connectivity index (χ3n) is 2.83. The van der Waals surface area contributed by atoms with Crippen LogP contribution in [0.25, 0.3) is 10.9 Å². The average molecular weight is 245 g/mol. The predicted octanol–water partition coefficient (Wildman–Crippen LogP) is 0.986. The van der Waals surface area contributed by atoms with Gasteiger partial charge in [-0.2, -0.15) is 0 Å². The van der Waals surface area contributed by atoms with Gasteiger partial charge in [-0.3, -0.25) is 9.59 Å². The molecule has 1 aromatic heterocycles. The molecule has 0 spiro atoms. The number of nitrogens with zero attached hydrogens (tertiary/aromatic N) is 1. The molecular formula is C13H15N3O2. The molecule has 0 aliphatic carbocycles. The SMILES string of the molecule is CNC(=O)CN(C)C(=O)c1c[nH]c2ccccc12. The Balaban J connectivity index is 2.25. The van der Waals surface area contributed by atoms with Crippen molar-refractivity contribution in [1.29, 1.82) is 0 Å². The first-order valence-corrected chi connectivity index (χ1v) is 5.65. The van der Waals surface area contributed by atoms with Gasteiger partial charge in [0, 0.05) is 31.2 Å². The van der Waals surface area contributed by atoms with E-state index in [4.69, 9.17) is 0 Å². The maximum atomic E-state index is 12.2. The number of benzene rings is 1. The van der Waals surface area contributed by atoms with Crippen LogP contribution in [0.5, 0.6) is 0 Å². The second kappa shape index (κ2) is 4.91. The first-order valence-electron chi connectivity index (χ1n) is 5.65. The van der Waals surface area contributed by atoms with Crippen molar-refractivity contribution in [3.8, 4) is 0 Å². The number of para-hydroxylation sites is 1. The monoisotopic (exact) mass is 245 g/mol. The molecule has 5 heteroatoms. The lowest BCUT2D eigenvalue weighted by Crippen LogP contribution is -2.36. The first-order chi connectivity index (χ1) is 8.63. The van der Waals surface area contributed by atoms with Gasteiger partial charge in [-0.05, 0) is 6.07 Å². The third kappa shape index (κ3) is 2.20. The number of carbonyl (C=O) groups excluding carboxylic acids is 2. The molecule has 1 aromatic carbocycles. The van der Waals surface area contributed by atoms with Crippen molar-refractivity contribution >= 4 is 22.7 Å². The van der Waals surface area contributed by atoms with Crippen LogP contribution in [0.4, 0.5) is 0 Å². The maximum absolute atomic E-state index is 12.2. The molecular weight excluding hydrogens is 230 g/mol. The van der Waals surface area contributed by atoms with Gasteiger partial charge < -0.3 is 15.2 Å². The minimum absolute atomic E-state index is 0.0504. The first kappa shape index (κ1) is 12.2. The zero-order valence-corrected chi connectivity index (χ0v) is 10.4. The summed E-state index contributed by atoms with van der Waals surface area (Å²) in [5, 5.41) is 3.36. The Morgan fingerprint density at radius 2 is 2.06 bits per heavy atom. The lowest BCUT2D eigenvalue weighted by molar-refractivity contribution is -0.121. The Labute approximate surface area is 105 Å². The van der Waals surface area contributed by atoms with Gasteiger partial charge in [0.2, 0.25) is 5.91 Å². The average Bonchev–Trinajstić information content (AvgIpc) is 2.81. The number of likely N-dealkylation sites (N-methyl/N-ethyl adjacent to an activating group) is 2. The topological polar surface area (TPSA) is 65.2 Å². The Morgan fingerprint density at radius 1 is 1.33 bits per heavy atom. The number of amides is 2. The molecule has 0 radical (unpaired) electrons. The van der Waals surface area contributed by atoms with Crippen molar-refractivity contribution in [2.75, 3.05) is 20.6 Å².